The normalized spacial score (nSPS) is 11.1. The lowest BCUT2D eigenvalue weighted by Gasteiger charge is -2.06. The quantitative estimate of drug-likeness (QED) is 0.326. The number of hydrogen-bond donors (Lipinski definition) is 2. The Bertz CT molecular complexity index is 1020. The first kappa shape index (κ1) is 17.3. The van der Waals surface area contributed by atoms with Crippen molar-refractivity contribution in [1.82, 2.24) is 9.97 Å². The third kappa shape index (κ3) is 4.54. The van der Waals surface area contributed by atoms with Crippen LogP contribution in [0.4, 0.5) is 5.95 Å². The molecule has 0 aliphatic rings. The number of hydrazone groups is 1. The van der Waals surface area contributed by atoms with Gasteiger partial charge in [0.25, 0.3) is 0 Å². The maximum absolute atomic E-state index is 5.80. The summed E-state index contributed by atoms with van der Waals surface area (Å²) in [5.41, 5.74) is 6.89. The van der Waals surface area contributed by atoms with E-state index in [1.54, 1.807) is 6.21 Å². The molecular formula is C21H17BrN4O. The van der Waals surface area contributed by atoms with E-state index in [0.717, 1.165) is 32.4 Å². The zero-order chi connectivity index (χ0) is 18.5. The van der Waals surface area contributed by atoms with Crippen LogP contribution >= 0.6 is 15.9 Å². The number of anilines is 1. The van der Waals surface area contributed by atoms with Gasteiger partial charge in [-0.3, -0.25) is 0 Å². The first-order chi connectivity index (χ1) is 13.3. The predicted molar refractivity (Wildman–Crippen MR) is 112 cm³/mol. The molecule has 3 aromatic carbocycles. The maximum Gasteiger partial charge on any atom is 0.222 e. The van der Waals surface area contributed by atoms with E-state index in [-0.39, 0.29) is 0 Å². The number of aromatic nitrogens is 2. The number of nitrogens with one attached hydrogen (secondary N) is 2. The summed E-state index contributed by atoms with van der Waals surface area (Å²) in [7, 11) is 0. The van der Waals surface area contributed by atoms with Gasteiger partial charge in [0.15, 0.2) is 0 Å². The lowest BCUT2D eigenvalue weighted by atomic mass is 10.2. The van der Waals surface area contributed by atoms with Crippen LogP contribution < -0.4 is 10.2 Å². The fraction of sp³-hybridized carbons (Fsp3) is 0.0476. The molecule has 0 aliphatic heterocycles. The Labute approximate surface area is 165 Å². The number of rotatable bonds is 6. The molecule has 134 valence electrons. The summed E-state index contributed by atoms with van der Waals surface area (Å²) in [4.78, 5) is 7.58. The van der Waals surface area contributed by atoms with Crippen molar-refractivity contribution in [3.8, 4) is 5.75 Å². The van der Waals surface area contributed by atoms with Crippen molar-refractivity contribution >= 4 is 39.1 Å². The minimum Gasteiger partial charge on any atom is -0.489 e. The highest BCUT2D eigenvalue weighted by molar-refractivity contribution is 9.10. The molecular weight excluding hydrogens is 404 g/mol. The van der Waals surface area contributed by atoms with Gasteiger partial charge in [0.05, 0.1) is 17.2 Å². The molecule has 27 heavy (non-hydrogen) atoms. The van der Waals surface area contributed by atoms with Gasteiger partial charge in [-0.25, -0.2) is 10.4 Å². The highest BCUT2D eigenvalue weighted by Gasteiger charge is 2.00. The molecule has 0 atom stereocenters. The summed E-state index contributed by atoms with van der Waals surface area (Å²) in [5.74, 6) is 1.43. The standard InChI is InChI=1S/C21H17BrN4O/c22-17-9-5-16(6-10-17)14-27-18-11-7-15(8-12-18)13-23-26-21-24-19-3-1-2-4-20(19)25-21/h1-13H,14H2,(H2,24,25,26)/b23-13-. The predicted octanol–water partition coefficient (Wildman–Crippen LogP) is 5.35. The Morgan fingerprint density at radius 3 is 2.56 bits per heavy atom. The van der Waals surface area contributed by atoms with Crippen molar-refractivity contribution in [2.24, 2.45) is 5.10 Å². The van der Waals surface area contributed by atoms with Crippen LogP contribution in [0.5, 0.6) is 5.75 Å². The molecule has 0 spiro atoms. The molecule has 6 heteroatoms. The van der Waals surface area contributed by atoms with Crippen molar-refractivity contribution in [1.29, 1.82) is 0 Å². The van der Waals surface area contributed by atoms with E-state index in [4.69, 9.17) is 4.74 Å². The molecule has 0 radical (unpaired) electrons. The second-order valence-corrected chi connectivity index (χ2v) is 6.87. The molecule has 1 aromatic heterocycles. The number of H-pyrrole nitrogens is 1. The van der Waals surface area contributed by atoms with Crippen LogP contribution in [-0.4, -0.2) is 16.2 Å². The second-order valence-electron chi connectivity index (χ2n) is 5.96. The molecule has 0 saturated heterocycles. The SMILES string of the molecule is Brc1ccc(COc2ccc(/C=N\Nc3nc4ccccc4[nH]3)cc2)cc1. The van der Waals surface area contributed by atoms with E-state index in [1.165, 1.54) is 0 Å². The van der Waals surface area contributed by atoms with Crippen molar-refractivity contribution in [2.45, 2.75) is 6.61 Å². The Kier molecular flexibility index (Phi) is 5.16. The molecule has 0 bridgehead atoms. The van der Waals surface area contributed by atoms with Gasteiger partial charge in [-0.2, -0.15) is 5.10 Å². The largest absolute Gasteiger partial charge is 0.489 e. The van der Waals surface area contributed by atoms with Gasteiger partial charge in [0.2, 0.25) is 5.95 Å². The number of hydrogen-bond acceptors (Lipinski definition) is 4. The summed E-state index contributed by atoms with van der Waals surface area (Å²) in [6.07, 6.45) is 1.74. The molecule has 0 amide bonds. The van der Waals surface area contributed by atoms with Gasteiger partial charge < -0.3 is 9.72 Å². The summed E-state index contributed by atoms with van der Waals surface area (Å²) < 4.78 is 6.87. The Hall–Kier alpha value is -3.12. The Morgan fingerprint density at radius 2 is 1.78 bits per heavy atom. The number of para-hydroxylation sites is 2. The average molecular weight is 421 g/mol. The van der Waals surface area contributed by atoms with Gasteiger partial charge in [-0.1, -0.05) is 40.2 Å². The summed E-state index contributed by atoms with van der Waals surface area (Å²) in [6, 6.07) is 23.7. The molecule has 1 heterocycles. The number of imidazole rings is 1. The topological polar surface area (TPSA) is 62.3 Å². The number of aromatic amines is 1. The number of fused-ring (bicyclic) bond motifs is 1. The zero-order valence-electron chi connectivity index (χ0n) is 14.4. The number of benzene rings is 3. The number of ether oxygens (including phenoxy) is 1. The lowest BCUT2D eigenvalue weighted by Crippen LogP contribution is -1.95. The molecule has 4 aromatic rings. The second kappa shape index (κ2) is 8.05. The van der Waals surface area contributed by atoms with Crippen LogP contribution in [-0.2, 0) is 6.61 Å². The monoisotopic (exact) mass is 420 g/mol. The van der Waals surface area contributed by atoms with Gasteiger partial charge in [0, 0.05) is 4.47 Å². The number of halogens is 1. The fourth-order valence-electron chi connectivity index (χ4n) is 2.57. The number of nitrogens with zero attached hydrogens (tertiary/aromatic N) is 2. The Balaban J connectivity index is 1.33. The minimum atomic E-state index is 0.536. The highest BCUT2D eigenvalue weighted by atomic mass is 79.9. The first-order valence-electron chi connectivity index (χ1n) is 8.47. The third-order valence-electron chi connectivity index (χ3n) is 3.97. The van der Waals surface area contributed by atoms with Gasteiger partial charge >= 0.3 is 0 Å². The molecule has 4 rings (SSSR count). The zero-order valence-corrected chi connectivity index (χ0v) is 16.0. The molecule has 0 saturated carbocycles. The van der Waals surface area contributed by atoms with E-state index in [0.29, 0.717) is 12.6 Å². The van der Waals surface area contributed by atoms with Gasteiger partial charge in [-0.15, -0.1) is 0 Å². The maximum atomic E-state index is 5.80. The van der Waals surface area contributed by atoms with E-state index < -0.39 is 0 Å². The third-order valence-corrected chi connectivity index (χ3v) is 4.50. The van der Waals surface area contributed by atoms with Crippen molar-refractivity contribution < 1.29 is 4.74 Å². The van der Waals surface area contributed by atoms with E-state index >= 15 is 0 Å². The van der Waals surface area contributed by atoms with Crippen LogP contribution in [0.25, 0.3) is 11.0 Å². The first-order valence-corrected chi connectivity index (χ1v) is 9.27. The average Bonchev–Trinajstić information content (AvgIpc) is 3.11. The fourth-order valence-corrected chi connectivity index (χ4v) is 2.84. The minimum absolute atomic E-state index is 0.536. The van der Waals surface area contributed by atoms with Crippen LogP contribution in [0.1, 0.15) is 11.1 Å². The van der Waals surface area contributed by atoms with Crippen LogP contribution in [0.2, 0.25) is 0 Å². The highest BCUT2D eigenvalue weighted by Crippen LogP contribution is 2.16. The van der Waals surface area contributed by atoms with E-state index in [2.05, 4.69) is 36.4 Å². The van der Waals surface area contributed by atoms with Crippen LogP contribution in [0.3, 0.4) is 0 Å². The van der Waals surface area contributed by atoms with Crippen molar-refractivity contribution in [2.75, 3.05) is 5.43 Å². The molecule has 0 unspecified atom stereocenters. The summed E-state index contributed by atoms with van der Waals surface area (Å²) in [6.45, 7) is 0.536. The van der Waals surface area contributed by atoms with E-state index in [1.807, 2.05) is 72.8 Å². The molecule has 2 N–H and O–H groups in total. The summed E-state index contributed by atoms with van der Waals surface area (Å²) in [5, 5.41) is 4.22. The smallest absolute Gasteiger partial charge is 0.222 e. The Morgan fingerprint density at radius 1 is 1.00 bits per heavy atom. The van der Waals surface area contributed by atoms with Crippen molar-refractivity contribution in [3.63, 3.8) is 0 Å². The van der Waals surface area contributed by atoms with Crippen molar-refractivity contribution in [3.05, 3.63) is 88.4 Å². The summed E-state index contributed by atoms with van der Waals surface area (Å²) >= 11 is 3.43. The van der Waals surface area contributed by atoms with E-state index in [9.17, 15) is 0 Å². The van der Waals surface area contributed by atoms with Gasteiger partial charge in [0.1, 0.15) is 12.4 Å². The molecule has 0 fully saturated rings. The van der Waals surface area contributed by atoms with Crippen LogP contribution in [0.15, 0.2) is 82.4 Å². The lowest BCUT2D eigenvalue weighted by molar-refractivity contribution is 0.306. The molecule has 0 aliphatic carbocycles. The van der Waals surface area contributed by atoms with Gasteiger partial charge in [-0.05, 0) is 59.7 Å². The molecule has 5 nitrogen and oxygen atoms in total. The van der Waals surface area contributed by atoms with Crippen LogP contribution in [0, 0.1) is 0 Å².